The number of ether oxygens (including phenoxy) is 1. The van der Waals surface area contributed by atoms with E-state index in [-0.39, 0.29) is 40.6 Å². The number of phenols is 5. The van der Waals surface area contributed by atoms with Crippen molar-refractivity contribution in [3.8, 4) is 34.5 Å². The topological polar surface area (TPSA) is 127 Å². The van der Waals surface area contributed by atoms with E-state index in [9.17, 15) is 30.3 Å². The van der Waals surface area contributed by atoms with Crippen LogP contribution < -0.4 is 4.74 Å². The third-order valence-corrected chi connectivity index (χ3v) is 8.24. The first-order valence-electron chi connectivity index (χ1n) is 14.9. The van der Waals surface area contributed by atoms with Crippen LogP contribution in [0.15, 0.2) is 78.9 Å². The first-order valence-corrected chi connectivity index (χ1v) is 14.9. The van der Waals surface area contributed by atoms with Crippen molar-refractivity contribution in [1.82, 2.24) is 0 Å². The maximum absolute atomic E-state index is 13.2. The van der Waals surface area contributed by atoms with E-state index < -0.39 is 23.5 Å². The molecule has 0 aliphatic carbocycles. The molecule has 224 valence electrons. The summed E-state index contributed by atoms with van der Waals surface area (Å²) < 4.78 is 6.17. The molecule has 0 saturated carbocycles. The first kappa shape index (κ1) is 29.8. The predicted octanol–water partition coefficient (Wildman–Crippen LogP) is 8.03. The van der Waals surface area contributed by atoms with Gasteiger partial charge in [-0.3, -0.25) is 4.79 Å². The van der Waals surface area contributed by atoms with Gasteiger partial charge >= 0.3 is 0 Å². The highest BCUT2D eigenvalue weighted by Crippen LogP contribution is 2.52. The van der Waals surface area contributed by atoms with Crippen LogP contribution in [-0.4, -0.2) is 31.3 Å². The summed E-state index contributed by atoms with van der Waals surface area (Å²) in [6, 6.07) is 22.7. The molecular formula is C36H38O7. The normalized spacial score (nSPS) is 15.9. The average molecular weight is 583 g/mol. The summed E-state index contributed by atoms with van der Waals surface area (Å²) in [5.74, 6) is -1.75. The monoisotopic (exact) mass is 582 g/mol. The molecule has 0 bridgehead atoms. The molecule has 4 aromatic carbocycles. The zero-order valence-electron chi connectivity index (χ0n) is 24.1. The fraction of sp³-hybridized carbons (Fsp3) is 0.306. The summed E-state index contributed by atoms with van der Waals surface area (Å²) >= 11 is 0. The molecule has 0 aromatic heterocycles. The third kappa shape index (κ3) is 7.05. The number of rotatable bonds is 12. The summed E-state index contributed by atoms with van der Waals surface area (Å²) in [7, 11) is 0. The summed E-state index contributed by atoms with van der Waals surface area (Å²) in [6.45, 7) is 0. The van der Waals surface area contributed by atoms with Gasteiger partial charge in [-0.05, 0) is 55.0 Å². The van der Waals surface area contributed by atoms with E-state index in [1.165, 1.54) is 17.7 Å². The number of carbonyl (C=O) groups excluding carboxylic acids is 1. The molecule has 1 aliphatic heterocycles. The predicted molar refractivity (Wildman–Crippen MR) is 164 cm³/mol. The lowest BCUT2D eigenvalue weighted by Crippen LogP contribution is -2.20. The Labute approximate surface area is 251 Å². The largest absolute Gasteiger partial charge is 0.508 e. The van der Waals surface area contributed by atoms with Gasteiger partial charge in [0.25, 0.3) is 0 Å². The molecule has 0 unspecified atom stereocenters. The molecule has 1 aliphatic rings. The standard InChI is InChI=1S/C36H38O7/c37-25-16-14-24(15-17-25)32-21-28(27-19-18-26(38)20-33(27)43-32)34-30(40)22-31(41)35(36(34)42)29(39)13-9-4-2-1-3-6-10-23-11-7-5-8-12-23/h5,7-8,11-12,14-20,22,28,32,37-38,40-42H,1-4,6,9-10,13,21H2/t28-,32-/m0/s1. The second kappa shape index (κ2) is 13.6. The lowest BCUT2D eigenvalue weighted by molar-refractivity contribution is 0.0973. The number of unbranched alkanes of at least 4 members (excludes halogenated alkanes) is 5. The van der Waals surface area contributed by atoms with E-state index in [1.807, 2.05) is 6.07 Å². The number of benzene rings is 4. The first-order chi connectivity index (χ1) is 20.8. The van der Waals surface area contributed by atoms with Gasteiger partial charge in [-0.15, -0.1) is 0 Å². The molecule has 5 rings (SSSR count). The fourth-order valence-electron chi connectivity index (χ4n) is 5.99. The van der Waals surface area contributed by atoms with Crippen LogP contribution in [0.5, 0.6) is 34.5 Å². The summed E-state index contributed by atoms with van der Waals surface area (Å²) in [4.78, 5) is 13.2. The Balaban J connectivity index is 1.27. The van der Waals surface area contributed by atoms with Crippen molar-refractivity contribution in [2.75, 3.05) is 0 Å². The maximum Gasteiger partial charge on any atom is 0.170 e. The zero-order valence-corrected chi connectivity index (χ0v) is 24.1. The van der Waals surface area contributed by atoms with Crippen molar-refractivity contribution >= 4 is 5.78 Å². The van der Waals surface area contributed by atoms with E-state index in [1.54, 1.807) is 30.3 Å². The van der Waals surface area contributed by atoms with Gasteiger partial charge < -0.3 is 30.3 Å². The van der Waals surface area contributed by atoms with E-state index in [4.69, 9.17) is 4.74 Å². The lowest BCUT2D eigenvalue weighted by atomic mass is 9.80. The highest BCUT2D eigenvalue weighted by Gasteiger charge is 2.36. The van der Waals surface area contributed by atoms with Crippen LogP contribution in [0.2, 0.25) is 0 Å². The number of hydrogen-bond donors (Lipinski definition) is 5. The fourth-order valence-corrected chi connectivity index (χ4v) is 5.99. The molecule has 7 nitrogen and oxygen atoms in total. The number of aromatic hydroxyl groups is 5. The Morgan fingerprint density at radius 1 is 0.721 bits per heavy atom. The van der Waals surface area contributed by atoms with Crippen molar-refractivity contribution in [2.24, 2.45) is 0 Å². The van der Waals surface area contributed by atoms with Gasteiger partial charge in [0, 0.05) is 35.6 Å². The number of carbonyl (C=O) groups is 1. The van der Waals surface area contributed by atoms with Gasteiger partial charge in [0.1, 0.15) is 46.2 Å². The molecule has 0 saturated heterocycles. The molecule has 2 atom stereocenters. The number of hydrogen-bond acceptors (Lipinski definition) is 7. The van der Waals surface area contributed by atoms with Crippen molar-refractivity contribution in [1.29, 1.82) is 0 Å². The quantitative estimate of drug-likeness (QED) is 0.0845. The minimum atomic E-state index is -0.605. The summed E-state index contributed by atoms with van der Waals surface area (Å²) in [5, 5.41) is 52.8. The van der Waals surface area contributed by atoms with Crippen molar-refractivity contribution in [2.45, 2.75) is 69.8 Å². The Morgan fingerprint density at radius 2 is 1.40 bits per heavy atom. The molecule has 1 heterocycles. The lowest BCUT2D eigenvalue weighted by Gasteiger charge is -2.33. The second-order valence-electron chi connectivity index (χ2n) is 11.3. The van der Waals surface area contributed by atoms with Gasteiger partial charge in [-0.25, -0.2) is 0 Å². The van der Waals surface area contributed by atoms with Crippen LogP contribution in [0.3, 0.4) is 0 Å². The highest BCUT2D eigenvalue weighted by molar-refractivity contribution is 6.02. The molecule has 0 radical (unpaired) electrons. The third-order valence-electron chi connectivity index (χ3n) is 8.24. The van der Waals surface area contributed by atoms with E-state index in [0.717, 1.165) is 50.2 Å². The van der Waals surface area contributed by atoms with E-state index in [0.29, 0.717) is 24.2 Å². The Kier molecular flexibility index (Phi) is 9.40. The molecular weight excluding hydrogens is 544 g/mol. The van der Waals surface area contributed by atoms with Crippen LogP contribution >= 0.6 is 0 Å². The highest BCUT2D eigenvalue weighted by atomic mass is 16.5. The minimum Gasteiger partial charge on any atom is -0.508 e. The Bertz CT molecular complexity index is 1550. The van der Waals surface area contributed by atoms with Gasteiger partial charge in [0.2, 0.25) is 0 Å². The molecule has 43 heavy (non-hydrogen) atoms. The van der Waals surface area contributed by atoms with Gasteiger partial charge in [-0.1, -0.05) is 74.2 Å². The van der Waals surface area contributed by atoms with Crippen molar-refractivity contribution in [3.63, 3.8) is 0 Å². The van der Waals surface area contributed by atoms with Crippen LogP contribution in [-0.2, 0) is 6.42 Å². The zero-order chi connectivity index (χ0) is 30.3. The number of ketones is 1. The number of fused-ring (bicyclic) bond motifs is 1. The minimum absolute atomic E-state index is 0.00457. The summed E-state index contributed by atoms with van der Waals surface area (Å²) in [5.41, 5.74) is 2.65. The molecule has 0 fully saturated rings. The van der Waals surface area contributed by atoms with Gasteiger partial charge in [0.15, 0.2) is 5.78 Å². The number of aryl methyl sites for hydroxylation is 1. The maximum atomic E-state index is 13.2. The number of Topliss-reactive ketones (excluding diaryl/α,β-unsaturated/α-hetero) is 1. The van der Waals surface area contributed by atoms with Crippen LogP contribution in [0.1, 0.15) is 96.0 Å². The van der Waals surface area contributed by atoms with Crippen LogP contribution in [0, 0.1) is 0 Å². The molecule has 0 spiro atoms. The molecule has 7 heteroatoms. The average Bonchev–Trinajstić information content (AvgIpc) is 2.98. The van der Waals surface area contributed by atoms with Crippen molar-refractivity contribution in [3.05, 3.63) is 107 Å². The molecule has 4 aromatic rings. The van der Waals surface area contributed by atoms with E-state index >= 15 is 0 Å². The van der Waals surface area contributed by atoms with Gasteiger partial charge in [-0.2, -0.15) is 0 Å². The SMILES string of the molecule is O=C(CCCCCCCCc1ccccc1)c1c(O)cc(O)c([C@H]2C[C@@H](c3ccc(O)cc3)Oc3cc(O)ccc32)c1O. The van der Waals surface area contributed by atoms with Crippen LogP contribution in [0.4, 0.5) is 0 Å². The Hall–Kier alpha value is -4.65. The smallest absolute Gasteiger partial charge is 0.170 e. The molecule has 5 N–H and O–H groups in total. The van der Waals surface area contributed by atoms with Crippen LogP contribution in [0.25, 0.3) is 0 Å². The Morgan fingerprint density at radius 3 is 2.14 bits per heavy atom. The van der Waals surface area contributed by atoms with Gasteiger partial charge in [0.05, 0.1) is 0 Å². The summed E-state index contributed by atoms with van der Waals surface area (Å²) in [6.07, 6.45) is 6.85. The molecule has 0 amide bonds. The van der Waals surface area contributed by atoms with Crippen molar-refractivity contribution < 1.29 is 35.1 Å². The number of phenolic OH excluding ortho intramolecular Hbond substituents is 5. The van der Waals surface area contributed by atoms with E-state index in [2.05, 4.69) is 24.3 Å². The second-order valence-corrected chi connectivity index (χ2v) is 11.3.